The fraction of sp³-hybridized carbons (Fsp3) is 0.533. The Morgan fingerprint density at radius 1 is 1.44 bits per heavy atom. The van der Waals surface area contributed by atoms with E-state index in [0.717, 1.165) is 25.4 Å². The van der Waals surface area contributed by atoms with Gasteiger partial charge in [0.1, 0.15) is 0 Å². The van der Waals surface area contributed by atoms with Gasteiger partial charge < -0.3 is 5.73 Å². The maximum Gasteiger partial charge on any atom is 0.0746 e. The smallest absolute Gasteiger partial charge is 0.0746 e. The standard InChI is InChI=1S/C15H22N2S/c1-12-6-5-9-17(11-12)14(10-15(16)18)13-7-3-2-4-8-13/h2-4,7-8,12,14H,5-6,9-11H2,1H3,(H2,16,18). The minimum atomic E-state index is 0.353. The van der Waals surface area contributed by atoms with Gasteiger partial charge in [0.05, 0.1) is 4.99 Å². The molecule has 2 unspecified atom stereocenters. The van der Waals surface area contributed by atoms with Crippen LogP contribution >= 0.6 is 12.2 Å². The van der Waals surface area contributed by atoms with Gasteiger partial charge in [-0.1, -0.05) is 49.5 Å². The molecule has 0 saturated carbocycles. The highest BCUT2D eigenvalue weighted by Gasteiger charge is 2.25. The summed E-state index contributed by atoms with van der Waals surface area (Å²) in [5.41, 5.74) is 7.11. The number of benzene rings is 1. The van der Waals surface area contributed by atoms with Crippen LogP contribution in [0.4, 0.5) is 0 Å². The molecule has 0 bridgehead atoms. The van der Waals surface area contributed by atoms with Crippen LogP contribution in [0.2, 0.25) is 0 Å². The van der Waals surface area contributed by atoms with Crippen molar-refractivity contribution in [1.29, 1.82) is 0 Å². The molecule has 0 amide bonds. The average molecular weight is 262 g/mol. The van der Waals surface area contributed by atoms with Crippen molar-refractivity contribution >= 4 is 17.2 Å². The third kappa shape index (κ3) is 3.53. The van der Waals surface area contributed by atoms with Gasteiger partial charge in [0.25, 0.3) is 0 Å². The molecule has 1 saturated heterocycles. The van der Waals surface area contributed by atoms with Crippen molar-refractivity contribution in [3.8, 4) is 0 Å². The van der Waals surface area contributed by atoms with Crippen molar-refractivity contribution in [3.05, 3.63) is 35.9 Å². The first-order chi connectivity index (χ1) is 8.66. The van der Waals surface area contributed by atoms with Gasteiger partial charge in [-0.05, 0) is 30.9 Å². The second-order valence-electron chi connectivity index (χ2n) is 5.34. The highest BCUT2D eigenvalue weighted by Crippen LogP contribution is 2.29. The lowest BCUT2D eigenvalue weighted by Crippen LogP contribution is -2.38. The van der Waals surface area contributed by atoms with Crippen LogP contribution in [-0.4, -0.2) is 23.0 Å². The molecular formula is C15H22N2S. The lowest BCUT2D eigenvalue weighted by Gasteiger charge is -2.37. The molecular weight excluding hydrogens is 240 g/mol. The summed E-state index contributed by atoms with van der Waals surface area (Å²) in [5.74, 6) is 0.774. The quantitative estimate of drug-likeness (QED) is 0.845. The highest BCUT2D eigenvalue weighted by molar-refractivity contribution is 7.80. The first-order valence-corrected chi connectivity index (χ1v) is 7.15. The molecule has 1 heterocycles. The lowest BCUT2D eigenvalue weighted by atomic mass is 9.94. The monoisotopic (exact) mass is 262 g/mol. The zero-order valence-corrected chi connectivity index (χ0v) is 11.8. The summed E-state index contributed by atoms with van der Waals surface area (Å²) in [5, 5.41) is 0. The van der Waals surface area contributed by atoms with Crippen molar-refractivity contribution in [2.75, 3.05) is 13.1 Å². The topological polar surface area (TPSA) is 29.3 Å². The summed E-state index contributed by atoms with van der Waals surface area (Å²) in [6, 6.07) is 11.0. The van der Waals surface area contributed by atoms with Crippen molar-refractivity contribution in [3.63, 3.8) is 0 Å². The Kier molecular flexibility index (Phi) is 4.72. The number of likely N-dealkylation sites (tertiary alicyclic amines) is 1. The van der Waals surface area contributed by atoms with E-state index in [9.17, 15) is 0 Å². The van der Waals surface area contributed by atoms with Gasteiger partial charge in [-0.15, -0.1) is 0 Å². The van der Waals surface area contributed by atoms with Gasteiger partial charge in [0.15, 0.2) is 0 Å². The Labute approximate surface area is 115 Å². The van der Waals surface area contributed by atoms with Crippen molar-refractivity contribution in [2.45, 2.75) is 32.2 Å². The van der Waals surface area contributed by atoms with Gasteiger partial charge in [0.2, 0.25) is 0 Å². The zero-order chi connectivity index (χ0) is 13.0. The van der Waals surface area contributed by atoms with Crippen LogP contribution in [0.5, 0.6) is 0 Å². The SMILES string of the molecule is CC1CCCN(C(CC(N)=S)c2ccccc2)C1. The van der Waals surface area contributed by atoms with E-state index in [1.165, 1.54) is 18.4 Å². The van der Waals surface area contributed by atoms with E-state index < -0.39 is 0 Å². The van der Waals surface area contributed by atoms with Crippen LogP contribution in [0.3, 0.4) is 0 Å². The molecule has 2 rings (SSSR count). The lowest BCUT2D eigenvalue weighted by molar-refractivity contribution is 0.133. The molecule has 0 aliphatic carbocycles. The van der Waals surface area contributed by atoms with Crippen LogP contribution in [-0.2, 0) is 0 Å². The van der Waals surface area contributed by atoms with E-state index >= 15 is 0 Å². The third-order valence-corrected chi connectivity index (χ3v) is 3.87. The van der Waals surface area contributed by atoms with Gasteiger partial charge in [0, 0.05) is 19.0 Å². The van der Waals surface area contributed by atoms with Gasteiger partial charge >= 0.3 is 0 Å². The molecule has 1 aliphatic heterocycles. The molecule has 0 spiro atoms. The van der Waals surface area contributed by atoms with Crippen molar-refractivity contribution < 1.29 is 0 Å². The number of hydrogen-bond acceptors (Lipinski definition) is 2. The minimum Gasteiger partial charge on any atom is -0.393 e. The van der Waals surface area contributed by atoms with E-state index in [1.54, 1.807) is 0 Å². The van der Waals surface area contributed by atoms with Crippen molar-refractivity contribution in [1.82, 2.24) is 4.90 Å². The normalized spacial score (nSPS) is 22.6. The molecule has 2 nitrogen and oxygen atoms in total. The van der Waals surface area contributed by atoms with Crippen LogP contribution in [0, 0.1) is 5.92 Å². The predicted molar refractivity (Wildman–Crippen MR) is 80.6 cm³/mol. The Morgan fingerprint density at radius 3 is 2.78 bits per heavy atom. The number of piperidine rings is 1. The minimum absolute atomic E-state index is 0.353. The second-order valence-corrected chi connectivity index (χ2v) is 5.86. The average Bonchev–Trinajstić information content (AvgIpc) is 2.37. The summed E-state index contributed by atoms with van der Waals surface area (Å²) in [4.78, 5) is 3.16. The fourth-order valence-corrected chi connectivity index (χ4v) is 2.99. The van der Waals surface area contributed by atoms with Gasteiger partial charge in [-0.3, -0.25) is 4.90 Å². The van der Waals surface area contributed by atoms with Gasteiger partial charge in [-0.2, -0.15) is 0 Å². The molecule has 1 aliphatic rings. The maximum absolute atomic E-state index is 5.78. The molecule has 18 heavy (non-hydrogen) atoms. The number of hydrogen-bond donors (Lipinski definition) is 1. The molecule has 2 atom stereocenters. The molecule has 3 heteroatoms. The third-order valence-electron chi connectivity index (χ3n) is 3.71. The predicted octanol–water partition coefficient (Wildman–Crippen LogP) is 3.14. The summed E-state index contributed by atoms with van der Waals surface area (Å²) < 4.78 is 0. The van der Waals surface area contributed by atoms with E-state index in [1.807, 2.05) is 0 Å². The first-order valence-electron chi connectivity index (χ1n) is 6.74. The second kappa shape index (κ2) is 6.30. The van der Waals surface area contributed by atoms with E-state index in [-0.39, 0.29) is 0 Å². The molecule has 0 aromatic heterocycles. The summed E-state index contributed by atoms with van der Waals surface area (Å²) in [6.07, 6.45) is 3.40. The Bertz CT molecular complexity index is 391. The van der Waals surface area contributed by atoms with E-state index in [4.69, 9.17) is 18.0 Å². The number of nitrogens with zero attached hydrogens (tertiary/aromatic N) is 1. The zero-order valence-electron chi connectivity index (χ0n) is 11.0. The number of nitrogens with two attached hydrogens (primary N) is 1. The number of thiocarbonyl (C=S) groups is 1. The Balaban J connectivity index is 2.16. The van der Waals surface area contributed by atoms with Crippen molar-refractivity contribution in [2.24, 2.45) is 11.7 Å². The molecule has 2 N–H and O–H groups in total. The largest absolute Gasteiger partial charge is 0.393 e. The molecule has 0 radical (unpaired) electrons. The first kappa shape index (κ1) is 13.5. The Morgan fingerprint density at radius 2 is 2.17 bits per heavy atom. The fourth-order valence-electron chi connectivity index (χ4n) is 2.83. The summed E-state index contributed by atoms with van der Waals surface area (Å²) >= 11 is 5.12. The van der Waals surface area contributed by atoms with Gasteiger partial charge in [-0.25, -0.2) is 0 Å². The molecule has 1 fully saturated rings. The molecule has 1 aromatic rings. The van der Waals surface area contributed by atoms with Crippen LogP contribution in [0.15, 0.2) is 30.3 Å². The Hall–Kier alpha value is -0.930. The van der Waals surface area contributed by atoms with Crippen LogP contribution < -0.4 is 5.73 Å². The van der Waals surface area contributed by atoms with Crippen LogP contribution in [0.25, 0.3) is 0 Å². The van der Waals surface area contributed by atoms with E-state index in [2.05, 4.69) is 42.2 Å². The van der Waals surface area contributed by atoms with E-state index in [0.29, 0.717) is 11.0 Å². The summed E-state index contributed by atoms with van der Waals surface area (Å²) in [6.45, 7) is 4.64. The summed E-state index contributed by atoms with van der Waals surface area (Å²) in [7, 11) is 0. The maximum atomic E-state index is 5.78. The molecule has 1 aromatic carbocycles. The highest BCUT2D eigenvalue weighted by atomic mass is 32.1. The number of rotatable bonds is 4. The van der Waals surface area contributed by atoms with Crippen LogP contribution in [0.1, 0.15) is 37.8 Å². The molecule has 98 valence electrons.